The summed E-state index contributed by atoms with van der Waals surface area (Å²) < 4.78 is 2.21. The van der Waals surface area contributed by atoms with Crippen LogP contribution in [0.4, 0.5) is 0 Å². The van der Waals surface area contributed by atoms with E-state index in [1.807, 2.05) is 24.3 Å². The molecule has 0 fully saturated rings. The van der Waals surface area contributed by atoms with E-state index in [1.165, 1.54) is 16.8 Å². The summed E-state index contributed by atoms with van der Waals surface area (Å²) in [6, 6.07) is 10.4. The molecule has 0 spiro atoms. The van der Waals surface area contributed by atoms with Crippen molar-refractivity contribution in [3.63, 3.8) is 0 Å². The van der Waals surface area contributed by atoms with Gasteiger partial charge in [-0.25, -0.2) is 0 Å². The van der Waals surface area contributed by atoms with Crippen LogP contribution in [0, 0.1) is 25.2 Å². The van der Waals surface area contributed by atoms with E-state index in [0.29, 0.717) is 0 Å². The number of nitrogens with zero attached hydrogens (tertiary/aromatic N) is 2. The quantitative estimate of drug-likeness (QED) is 0.710. The zero-order valence-corrected chi connectivity index (χ0v) is 14.5. The Labute approximate surface area is 137 Å². The topological polar surface area (TPSA) is 28.7 Å². The van der Waals surface area contributed by atoms with Crippen LogP contribution in [-0.2, 0) is 10.8 Å². The van der Waals surface area contributed by atoms with Crippen molar-refractivity contribution in [1.82, 2.24) is 4.57 Å². The van der Waals surface area contributed by atoms with E-state index in [9.17, 15) is 5.26 Å². The van der Waals surface area contributed by atoms with Crippen LogP contribution in [0.3, 0.4) is 0 Å². The maximum absolute atomic E-state index is 9.77. The van der Waals surface area contributed by atoms with Gasteiger partial charge in [0.25, 0.3) is 0 Å². The van der Waals surface area contributed by atoms with E-state index in [0.717, 1.165) is 22.8 Å². The summed E-state index contributed by atoms with van der Waals surface area (Å²) in [4.78, 5) is 0. The number of para-hydroxylation sites is 1. The Hall–Kier alpha value is -1.72. The van der Waals surface area contributed by atoms with E-state index in [1.54, 1.807) is 0 Å². The second-order valence-electron chi connectivity index (χ2n) is 7.21. The molecule has 3 rings (SSSR count). The number of nitriles is 1. The minimum absolute atomic E-state index is 0.00115. The van der Waals surface area contributed by atoms with E-state index >= 15 is 0 Å². The number of hydrogen-bond donors (Lipinski definition) is 0. The first-order valence-electron chi connectivity index (χ1n) is 7.62. The monoisotopic (exact) mass is 312 g/mol. The minimum Gasteiger partial charge on any atom is -0.316 e. The number of benzene rings is 1. The van der Waals surface area contributed by atoms with Gasteiger partial charge in [-0.1, -0.05) is 37.6 Å². The molecular weight excluding hydrogens is 292 g/mol. The number of fused-ring (bicyclic) bond motifs is 1. The molecule has 2 nitrogen and oxygen atoms in total. The molecule has 1 unspecified atom stereocenters. The highest BCUT2D eigenvalue weighted by molar-refractivity contribution is 6.32. The molecule has 0 amide bonds. The van der Waals surface area contributed by atoms with Gasteiger partial charge in [-0.2, -0.15) is 5.26 Å². The summed E-state index contributed by atoms with van der Waals surface area (Å²) in [5.41, 5.74) is 5.40. The maximum atomic E-state index is 9.77. The Morgan fingerprint density at radius 1 is 1.09 bits per heavy atom. The van der Waals surface area contributed by atoms with Crippen molar-refractivity contribution in [3.8, 4) is 11.8 Å². The predicted octanol–water partition coefficient (Wildman–Crippen LogP) is 5.21. The van der Waals surface area contributed by atoms with E-state index in [-0.39, 0.29) is 5.41 Å². The smallest absolute Gasteiger partial charge is 0.0822 e. The fourth-order valence-electron chi connectivity index (χ4n) is 4.49. The van der Waals surface area contributed by atoms with Crippen LogP contribution in [0.5, 0.6) is 0 Å². The van der Waals surface area contributed by atoms with Crippen LogP contribution >= 0.6 is 11.6 Å². The third-order valence-electron chi connectivity index (χ3n) is 5.01. The Morgan fingerprint density at radius 2 is 1.68 bits per heavy atom. The second-order valence-corrected chi connectivity index (χ2v) is 7.62. The molecule has 0 N–H and O–H groups in total. The van der Waals surface area contributed by atoms with Gasteiger partial charge in [0.1, 0.15) is 0 Å². The van der Waals surface area contributed by atoms with Crippen LogP contribution in [0.15, 0.2) is 24.3 Å². The normalized spacial score (nSPS) is 22.4. The average Bonchev–Trinajstić information content (AvgIpc) is 2.84. The summed E-state index contributed by atoms with van der Waals surface area (Å²) >= 11 is 6.42. The van der Waals surface area contributed by atoms with Gasteiger partial charge >= 0.3 is 0 Å². The van der Waals surface area contributed by atoms with Crippen LogP contribution in [0.1, 0.15) is 49.7 Å². The lowest BCUT2D eigenvalue weighted by molar-refractivity contribution is 0.434. The third kappa shape index (κ3) is 1.85. The van der Waals surface area contributed by atoms with Gasteiger partial charge in [-0.15, -0.1) is 0 Å². The Bertz CT molecular complexity index is 808. The summed E-state index contributed by atoms with van der Waals surface area (Å²) in [6.07, 6.45) is 0.867. The van der Waals surface area contributed by atoms with Crippen LogP contribution < -0.4 is 0 Å². The lowest BCUT2D eigenvalue weighted by Gasteiger charge is -2.24. The molecule has 1 aliphatic carbocycles. The van der Waals surface area contributed by atoms with Crippen molar-refractivity contribution in [2.45, 2.75) is 51.9 Å². The van der Waals surface area contributed by atoms with Crippen LogP contribution in [0.25, 0.3) is 5.69 Å². The summed E-state index contributed by atoms with van der Waals surface area (Å²) in [5.74, 6) is 0. The summed E-state index contributed by atoms with van der Waals surface area (Å²) in [6.45, 7) is 10.8. The molecule has 0 aliphatic heterocycles. The van der Waals surface area contributed by atoms with Gasteiger partial charge in [0, 0.05) is 11.4 Å². The maximum Gasteiger partial charge on any atom is 0.0822 e. The van der Waals surface area contributed by atoms with E-state index in [4.69, 9.17) is 11.6 Å². The molecule has 0 saturated heterocycles. The van der Waals surface area contributed by atoms with Gasteiger partial charge in [-0.05, 0) is 55.9 Å². The van der Waals surface area contributed by atoms with Gasteiger partial charge in [0.2, 0.25) is 0 Å². The van der Waals surface area contributed by atoms with Crippen LogP contribution in [0.2, 0.25) is 5.02 Å². The van der Waals surface area contributed by atoms with E-state index in [2.05, 4.69) is 45.3 Å². The highest BCUT2D eigenvalue weighted by Gasteiger charge is 2.49. The minimum atomic E-state index is -0.430. The fourth-order valence-corrected chi connectivity index (χ4v) is 4.71. The largest absolute Gasteiger partial charge is 0.316 e. The fraction of sp³-hybridized carbons (Fsp3) is 0.421. The van der Waals surface area contributed by atoms with Crippen molar-refractivity contribution in [1.29, 1.82) is 5.26 Å². The van der Waals surface area contributed by atoms with Gasteiger partial charge in [0.15, 0.2) is 0 Å². The number of rotatable bonds is 1. The first-order chi connectivity index (χ1) is 10.2. The van der Waals surface area contributed by atoms with Crippen molar-refractivity contribution < 1.29 is 0 Å². The molecular formula is C19H21ClN2. The van der Waals surface area contributed by atoms with E-state index < -0.39 is 5.41 Å². The van der Waals surface area contributed by atoms with Gasteiger partial charge in [0.05, 0.1) is 22.2 Å². The molecule has 22 heavy (non-hydrogen) atoms. The zero-order chi connectivity index (χ0) is 16.3. The average molecular weight is 313 g/mol. The molecule has 3 heteroatoms. The Kier molecular flexibility index (Phi) is 3.20. The Balaban J connectivity index is 2.38. The zero-order valence-electron chi connectivity index (χ0n) is 13.8. The molecule has 114 valence electrons. The number of halogens is 1. The molecule has 0 bridgehead atoms. The van der Waals surface area contributed by atoms with Crippen molar-refractivity contribution in [2.24, 2.45) is 0 Å². The van der Waals surface area contributed by atoms with Crippen molar-refractivity contribution in [2.75, 3.05) is 0 Å². The first-order valence-corrected chi connectivity index (χ1v) is 8.00. The number of aromatic nitrogens is 1. The standard InChI is InChI=1S/C19H21ClN2/c1-12-16-17(19(5,11-21)10-18(16,3)4)13(2)22(12)15-9-7-6-8-14(15)20/h6-9H,10H2,1-5H3. The lowest BCUT2D eigenvalue weighted by atomic mass is 9.80. The number of hydrogen-bond acceptors (Lipinski definition) is 1. The summed E-state index contributed by atoms with van der Waals surface area (Å²) in [7, 11) is 0. The summed E-state index contributed by atoms with van der Waals surface area (Å²) in [5, 5.41) is 10.5. The Morgan fingerprint density at radius 3 is 2.27 bits per heavy atom. The molecule has 2 aromatic rings. The molecule has 1 aliphatic rings. The third-order valence-corrected chi connectivity index (χ3v) is 5.33. The molecule has 1 aromatic heterocycles. The van der Waals surface area contributed by atoms with Crippen molar-refractivity contribution in [3.05, 3.63) is 51.8 Å². The second kappa shape index (κ2) is 4.64. The lowest BCUT2D eigenvalue weighted by Crippen LogP contribution is -2.22. The van der Waals surface area contributed by atoms with Crippen LogP contribution in [-0.4, -0.2) is 4.57 Å². The first kappa shape index (κ1) is 15.2. The molecule has 1 heterocycles. The van der Waals surface area contributed by atoms with Gasteiger partial charge < -0.3 is 4.57 Å². The van der Waals surface area contributed by atoms with Gasteiger partial charge in [-0.3, -0.25) is 0 Å². The molecule has 1 atom stereocenters. The highest BCUT2D eigenvalue weighted by atomic mass is 35.5. The highest BCUT2D eigenvalue weighted by Crippen LogP contribution is 2.53. The molecule has 0 saturated carbocycles. The van der Waals surface area contributed by atoms with Crippen molar-refractivity contribution >= 4 is 11.6 Å². The molecule has 0 radical (unpaired) electrons. The SMILES string of the molecule is Cc1c2c(c(C)n1-c1ccccc1Cl)C(C)(C#N)CC2(C)C. The molecule has 1 aromatic carbocycles. The predicted molar refractivity (Wildman–Crippen MR) is 90.9 cm³/mol.